The third kappa shape index (κ3) is 5.12. The van der Waals surface area contributed by atoms with Crippen LogP contribution in [0, 0.1) is 0 Å². The monoisotopic (exact) mass is 416 g/mol. The molecule has 3 heterocycles. The quantitative estimate of drug-likeness (QED) is 0.575. The van der Waals surface area contributed by atoms with E-state index in [1.807, 2.05) is 0 Å². The molecule has 0 nitrogen and oxygen atoms in total. The molecule has 3 heteroatoms. The van der Waals surface area contributed by atoms with E-state index in [-0.39, 0.29) is 30.0 Å². The van der Waals surface area contributed by atoms with E-state index >= 15 is 0 Å². The SMILES string of the molecule is C1=C[CH]=[Ge]([C]2=CC=C[CH]=[Ge]2)[CH]=C1.C1=C[CH]=[Ge][CH]=C1. The molecule has 86 valence electrons. The molecule has 0 spiro atoms. The molecule has 0 aromatic heterocycles. The van der Waals surface area contributed by atoms with Crippen LogP contribution < -0.4 is 0 Å². The summed E-state index contributed by atoms with van der Waals surface area (Å²) >= 11 is -0.717. The van der Waals surface area contributed by atoms with Crippen molar-refractivity contribution in [1.82, 2.24) is 0 Å². The third-order valence-electron chi connectivity index (χ3n) is 2.40. The summed E-state index contributed by atoms with van der Waals surface area (Å²) in [5.74, 6) is 0. The Morgan fingerprint density at radius 1 is 0.778 bits per heavy atom. The van der Waals surface area contributed by atoms with Crippen molar-refractivity contribution in [3.8, 4) is 0 Å². The zero-order valence-corrected chi connectivity index (χ0v) is 16.4. The first-order chi connectivity index (χ1) is 8.97. The van der Waals surface area contributed by atoms with Crippen molar-refractivity contribution in [2.75, 3.05) is 0 Å². The van der Waals surface area contributed by atoms with Crippen LogP contribution in [0.25, 0.3) is 0 Å². The zero-order valence-electron chi connectivity index (χ0n) is 10.1. The maximum atomic E-state index is 2.43. The molecule has 0 N–H and O–H groups in total. The second-order valence-electron chi connectivity index (χ2n) is 3.72. The standard InChI is InChI=1S/C10H9Ge2.C5H5Ge/c1-4-8-12(9-5-1)10-6-2-3-7-11-10;1-2-4-6-5-3-1/h1-9H;1-5H. The number of hydrogen-bond donors (Lipinski definition) is 0. The normalized spacial score (nSPS) is 18.2. The summed E-state index contributed by atoms with van der Waals surface area (Å²) in [6.45, 7) is 0. The summed E-state index contributed by atoms with van der Waals surface area (Å²) in [6.07, 6.45) is 19.5. The molecule has 0 amide bonds. The van der Waals surface area contributed by atoms with E-state index in [1.165, 1.54) is 0 Å². The Labute approximate surface area is 125 Å². The van der Waals surface area contributed by atoms with Crippen LogP contribution >= 0.6 is 0 Å². The zero-order chi connectivity index (χ0) is 12.5. The number of rotatable bonds is 1. The molecule has 0 aromatic rings. The first-order valence-corrected chi connectivity index (χ1v) is 14.1. The van der Waals surface area contributed by atoms with Gasteiger partial charge in [0.05, 0.1) is 0 Å². The van der Waals surface area contributed by atoms with Crippen LogP contribution in [0.5, 0.6) is 0 Å². The van der Waals surface area contributed by atoms with Crippen LogP contribution in [0.4, 0.5) is 0 Å². The van der Waals surface area contributed by atoms with Gasteiger partial charge >= 0.3 is 126 Å². The van der Waals surface area contributed by atoms with Crippen molar-refractivity contribution >= 4 is 58.4 Å². The molecule has 0 unspecified atom stereocenters. The minimum atomic E-state index is -1.03. The molecule has 0 saturated carbocycles. The average Bonchev–Trinajstić information content (AvgIpc) is 2.51. The van der Waals surface area contributed by atoms with E-state index < -0.39 is 13.9 Å². The molecule has 0 fully saturated rings. The van der Waals surface area contributed by atoms with Crippen LogP contribution in [-0.4, -0.2) is 58.4 Å². The molecular weight excluding hydrogens is 398 g/mol. The first-order valence-electron chi connectivity index (χ1n) is 5.90. The van der Waals surface area contributed by atoms with E-state index in [0.717, 1.165) is 0 Å². The Bertz CT molecular complexity index is 479. The molecular formula is C15H14Ge3. The molecule has 0 bridgehead atoms. The van der Waals surface area contributed by atoms with Crippen molar-refractivity contribution in [2.24, 2.45) is 0 Å². The van der Waals surface area contributed by atoms with Gasteiger partial charge in [-0.15, -0.1) is 0 Å². The molecule has 3 rings (SSSR count). The Morgan fingerprint density at radius 3 is 2.17 bits per heavy atom. The fourth-order valence-corrected chi connectivity index (χ4v) is 11.7. The molecule has 2 radical (unpaired) electrons. The van der Waals surface area contributed by atoms with Gasteiger partial charge in [-0.1, -0.05) is 0 Å². The molecule has 0 aromatic carbocycles. The molecule has 18 heavy (non-hydrogen) atoms. The van der Waals surface area contributed by atoms with Crippen LogP contribution in [-0.2, 0) is 0 Å². The van der Waals surface area contributed by atoms with Crippen molar-refractivity contribution < 1.29 is 0 Å². The second kappa shape index (κ2) is 8.72. The number of allylic oxidation sites excluding steroid dienone is 9. The molecule has 3 aliphatic rings. The van der Waals surface area contributed by atoms with E-state index in [1.54, 1.807) is 3.24 Å². The van der Waals surface area contributed by atoms with Gasteiger partial charge in [-0.05, 0) is 0 Å². The minimum absolute atomic E-state index is 0.103. The molecule has 0 atom stereocenters. The summed E-state index contributed by atoms with van der Waals surface area (Å²) in [7, 11) is 0. The Morgan fingerprint density at radius 2 is 1.67 bits per heavy atom. The third-order valence-corrected chi connectivity index (χ3v) is 14.5. The fourth-order valence-electron chi connectivity index (χ4n) is 1.53. The van der Waals surface area contributed by atoms with E-state index in [9.17, 15) is 0 Å². The van der Waals surface area contributed by atoms with Crippen molar-refractivity contribution in [3.05, 3.63) is 67.7 Å². The van der Waals surface area contributed by atoms with Crippen LogP contribution in [0.2, 0.25) is 0 Å². The van der Waals surface area contributed by atoms with Crippen LogP contribution in [0.15, 0.2) is 67.7 Å². The van der Waals surface area contributed by atoms with Crippen LogP contribution in [0.1, 0.15) is 0 Å². The maximum absolute atomic E-state index is 2.43. The summed E-state index contributed by atoms with van der Waals surface area (Å²) in [4.78, 5) is 11.7. The Hall–Kier alpha value is -0.321. The Kier molecular flexibility index (Phi) is 6.83. The Balaban J connectivity index is 0.000000169. The van der Waals surface area contributed by atoms with Crippen molar-refractivity contribution in [1.29, 1.82) is 0 Å². The van der Waals surface area contributed by atoms with Crippen molar-refractivity contribution in [3.63, 3.8) is 0 Å². The van der Waals surface area contributed by atoms with Gasteiger partial charge in [0, 0.05) is 0 Å². The number of hydrogen-bond acceptors (Lipinski definition) is 0. The first kappa shape index (κ1) is 14.1. The van der Waals surface area contributed by atoms with Gasteiger partial charge in [0.25, 0.3) is 0 Å². The fraction of sp³-hybridized carbons (Fsp3) is 0. The van der Waals surface area contributed by atoms with Gasteiger partial charge in [-0.2, -0.15) is 0 Å². The van der Waals surface area contributed by atoms with Gasteiger partial charge in [0.15, 0.2) is 0 Å². The van der Waals surface area contributed by atoms with Gasteiger partial charge in [-0.3, -0.25) is 0 Å². The van der Waals surface area contributed by atoms with Crippen LogP contribution in [0.3, 0.4) is 0 Å². The van der Waals surface area contributed by atoms with Crippen molar-refractivity contribution in [2.45, 2.75) is 0 Å². The summed E-state index contributed by atoms with van der Waals surface area (Å²) in [5.41, 5.74) is 0. The summed E-state index contributed by atoms with van der Waals surface area (Å²) in [5, 5.41) is 0. The van der Waals surface area contributed by atoms with E-state index in [0.29, 0.717) is 0 Å². The topological polar surface area (TPSA) is 0 Å². The predicted octanol–water partition coefficient (Wildman–Crippen LogP) is 1.61. The van der Waals surface area contributed by atoms with E-state index in [4.69, 9.17) is 0 Å². The summed E-state index contributed by atoms with van der Waals surface area (Å²) < 4.78 is 1.78. The molecule has 0 saturated heterocycles. The molecule has 0 aliphatic carbocycles. The van der Waals surface area contributed by atoms with Gasteiger partial charge in [0.1, 0.15) is 0 Å². The molecule has 3 aliphatic heterocycles. The van der Waals surface area contributed by atoms with Gasteiger partial charge in [-0.25, -0.2) is 0 Å². The van der Waals surface area contributed by atoms with Gasteiger partial charge in [0.2, 0.25) is 0 Å². The average molecular weight is 412 g/mol. The second-order valence-corrected chi connectivity index (χ2v) is 14.9. The van der Waals surface area contributed by atoms with E-state index in [2.05, 4.69) is 79.1 Å². The predicted molar refractivity (Wildman–Crippen MR) is 89.2 cm³/mol. The van der Waals surface area contributed by atoms with Gasteiger partial charge < -0.3 is 0 Å². The summed E-state index contributed by atoms with van der Waals surface area (Å²) in [6, 6.07) is 0.